The highest BCUT2D eigenvalue weighted by molar-refractivity contribution is 6.01. The summed E-state index contributed by atoms with van der Waals surface area (Å²) in [4.78, 5) is 11.7. The summed E-state index contributed by atoms with van der Waals surface area (Å²) in [5, 5.41) is 2.81. The molecule has 0 bridgehead atoms. The third-order valence-corrected chi connectivity index (χ3v) is 2.54. The van der Waals surface area contributed by atoms with E-state index in [4.69, 9.17) is 4.42 Å². The largest absolute Gasteiger partial charge is 0.465 e. The average molecular weight is 241 g/mol. The summed E-state index contributed by atoms with van der Waals surface area (Å²) in [5.41, 5.74) is 2.01. The molecule has 1 aromatic heterocycles. The first kappa shape index (κ1) is 12.2. The lowest BCUT2D eigenvalue weighted by molar-refractivity contribution is -0.111. The zero-order valence-corrected chi connectivity index (χ0v) is 10.2. The van der Waals surface area contributed by atoms with Crippen molar-refractivity contribution in [3.05, 3.63) is 60.1 Å². The molecule has 0 saturated heterocycles. The van der Waals surface area contributed by atoms with Crippen LogP contribution in [-0.2, 0) is 11.2 Å². The van der Waals surface area contributed by atoms with Crippen LogP contribution in [0.1, 0.15) is 18.2 Å². The molecule has 1 aromatic carbocycles. The van der Waals surface area contributed by atoms with Crippen molar-refractivity contribution in [1.82, 2.24) is 0 Å². The number of furan rings is 1. The molecule has 0 aliphatic heterocycles. The molecule has 3 heteroatoms. The zero-order chi connectivity index (χ0) is 12.8. The second-order valence-corrected chi connectivity index (χ2v) is 3.89. The van der Waals surface area contributed by atoms with E-state index in [-0.39, 0.29) is 5.91 Å². The van der Waals surface area contributed by atoms with Crippen molar-refractivity contribution in [2.45, 2.75) is 13.3 Å². The maximum atomic E-state index is 11.7. The Labute approximate surface area is 106 Å². The van der Waals surface area contributed by atoms with Crippen molar-refractivity contribution in [3.8, 4) is 0 Å². The smallest absolute Gasteiger partial charge is 0.248 e. The van der Waals surface area contributed by atoms with Gasteiger partial charge in [0, 0.05) is 11.8 Å². The molecule has 1 heterocycles. The van der Waals surface area contributed by atoms with E-state index in [9.17, 15) is 4.79 Å². The zero-order valence-electron chi connectivity index (χ0n) is 10.2. The highest BCUT2D eigenvalue weighted by atomic mass is 16.3. The van der Waals surface area contributed by atoms with Crippen LogP contribution in [0.15, 0.2) is 53.2 Å². The van der Waals surface area contributed by atoms with Gasteiger partial charge in [0.05, 0.1) is 6.26 Å². The van der Waals surface area contributed by atoms with E-state index in [0.717, 1.165) is 12.1 Å². The van der Waals surface area contributed by atoms with E-state index >= 15 is 0 Å². The Morgan fingerprint density at radius 2 is 2.22 bits per heavy atom. The van der Waals surface area contributed by atoms with Crippen LogP contribution < -0.4 is 5.32 Å². The predicted octanol–water partition coefficient (Wildman–Crippen LogP) is 3.49. The number of hydrogen-bond acceptors (Lipinski definition) is 2. The van der Waals surface area contributed by atoms with Gasteiger partial charge in [0.25, 0.3) is 0 Å². The lowest BCUT2D eigenvalue weighted by atomic mass is 10.1. The van der Waals surface area contributed by atoms with E-state index in [2.05, 4.69) is 12.2 Å². The molecule has 2 rings (SSSR count). The van der Waals surface area contributed by atoms with Gasteiger partial charge in [0.15, 0.2) is 0 Å². The quantitative estimate of drug-likeness (QED) is 0.832. The van der Waals surface area contributed by atoms with Gasteiger partial charge in [-0.15, -0.1) is 0 Å². The van der Waals surface area contributed by atoms with Crippen LogP contribution in [-0.4, -0.2) is 5.91 Å². The number of hydrogen-bond donors (Lipinski definition) is 1. The molecular formula is C15H15NO2. The van der Waals surface area contributed by atoms with E-state index in [0.29, 0.717) is 5.76 Å². The van der Waals surface area contributed by atoms with Crippen molar-refractivity contribution in [3.63, 3.8) is 0 Å². The SMILES string of the molecule is CCc1cccc(NC(=O)C=Cc2ccco2)c1. The van der Waals surface area contributed by atoms with Crippen LogP contribution >= 0.6 is 0 Å². The maximum Gasteiger partial charge on any atom is 0.248 e. The molecule has 0 atom stereocenters. The van der Waals surface area contributed by atoms with E-state index < -0.39 is 0 Å². The molecule has 1 amide bonds. The third kappa shape index (κ3) is 3.35. The summed E-state index contributed by atoms with van der Waals surface area (Å²) in [6.07, 6.45) is 5.62. The number of rotatable bonds is 4. The highest BCUT2D eigenvalue weighted by Gasteiger charge is 1.99. The molecule has 0 spiro atoms. The summed E-state index contributed by atoms with van der Waals surface area (Å²) < 4.78 is 5.10. The fourth-order valence-corrected chi connectivity index (χ4v) is 1.60. The fourth-order valence-electron chi connectivity index (χ4n) is 1.60. The summed E-state index contributed by atoms with van der Waals surface area (Å²) in [6, 6.07) is 11.4. The first-order valence-electron chi connectivity index (χ1n) is 5.89. The normalized spacial score (nSPS) is 10.7. The van der Waals surface area contributed by atoms with Gasteiger partial charge >= 0.3 is 0 Å². The Balaban J connectivity index is 1.98. The number of aryl methyl sites for hydroxylation is 1. The highest BCUT2D eigenvalue weighted by Crippen LogP contribution is 2.11. The number of amides is 1. The first-order valence-corrected chi connectivity index (χ1v) is 5.89. The summed E-state index contributed by atoms with van der Waals surface area (Å²) >= 11 is 0. The number of benzene rings is 1. The van der Waals surface area contributed by atoms with Crippen LogP contribution in [0.25, 0.3) is 6.08 Å². The summed E-state index contributed by atoms with van der Waals surface area (Å²) in [5.74, 6) is 0.493. The topological polar surface area (TPSA) is 42.2 Å². The molecule has 0 saturated carbocycles. The van der Waals surface area contributed by atoms with Crippen LogP contribution in [0.2, 0.25) is 0 Å². The molecule has 3 nitrogen and oxygen atoms in total. The van der Waals surface area contributed by atoms with Crippen LogP contribution in [0.4, 0.5) is 5.69 Å². The Kier molecular flexibility index (Phi) is 3.97. The molecule has 18 heavy (non-hydrogen) atoms. The van der Waals surface area contributed by atoms with Gasteiger partial charge in [-0.3, -0.25) is 4.79 Å². The van der Waals surface area contributed by atoms with Gasteiger partial charge in [0.1, 0.15) is 5.76 Å². The van der Waals surface area contributed by atoms with Gasteiger partial charge in [-0.25, -0.2) is 0 Å². The summed E-state index contributed by atoms with van der Waals surface area (Å²) in [6.45, 7) is 2.08. The minimum absolute atomic E-state index is 0.167. The van der Waals surface area contributed by atoms with E-state index in [1.54, 1.807) is 24.5 Å². The number of carbonyl (C=O) groups is 1. The monoisotopic (exact) mass is 241 g/mol. The molecule has 0 aliphatic rings. The van der Waals surface area contributed by atoms with Crippen molar-refractivity contribution in [1.29, 1.82) is 0 Å². The lowest BCUT2D eigenvalue weighted by Crippen LogP contribution is -2.07. The number of nitrogens with one attached hydrogen (secondary N) is 1. The molecular weight excluding hydrogens is 226 g/mol. The first-order chi connectivity index (χ1) is 8.78. The van der Waals surface area contributed by atoms with Crippen molar-refractivity contribution in [2.24, 2.45) is 0 Å². The molecule has 0 radical (unpaired) electrons. The Bertz CT molecular complexity index is 541. The number of carbonyl (C=O) groups excluding carboxylic acids is 1. The molecule has 2 aromatic rings. The fraction of sp³-hybridized carbons (Fsp3) is 0.133. The molecule has 92 valence electrons. The molecule has 1 N–H and O–H groups in total. The summed E-state index contributed by atoms with van der Waals surface area (Å²) in [7, 11) is 0. The van der Waals surface area contributed by atoms with Crippen LogP contribution in [0.5, 0.6) is 0 Å². The van der Waals surface area contributed by atoms with E-state index in [1.807, 2.05) is 24.3 Å². The molecule has 0 aliphatic carbocycles. The molecule has 0 fully saturated rings. The lowest BCUT2D eigenvalue weighted by Gasteiger charge is -2.03. The van der Waals surface area contributed by atoms with Crippen LogP contribution in [0.3, 0.4) is 0 Å². The van der Waals surface area contributed by atoms with Crippen LogP contribution in [0, 0.1) is 0 Å². The maximum absolute atomic E-state index is 11.7. The van der Waals surface area contributed by atoms with Gasteiger partial charge < -0.3 is 9.73 Å². The number of anilines is 1. The third-order valence-electron chi connectivity index (χ3n) is 2.54. The standard InChI is InChI=1S/C15H15NO2/c1-2-12-5-3-6-13(11-12)16-15(17)9-8-14-7-4-10-18-14/h3-11H,2H2,1H3,(H,16,17). The van der Waals surface area contributed by atoms with Crippen molar-refractivity contribution >= 4 is 17.7 Å². The predicted molar refractivity (Wildman–Crippen MR) is 72.2 cm³/mol. The second-order valence-electron chi connectivity index (χ2n) is 3.89. The second kappa shape index (κ2) is 5.87. The van der Waals surface area contributed by atoms with Gasteiger partial charge in [-0.1, -0.05) is 19.1 Å². The Morgan fingerprint density at radius 3 is 2.94 bits per heavy atom. The minimum atomic E-state index is -0.167. The Morgan fingerprint density at radius 1 is 1.33 bits per heavy atom. The van der Waals surface area contributed by atoms with Gasteiger partial charge in [0.2, 0.25) is 5.91 Å². The average Bonchev–Trinajstić information content (AvgIpc) is 2.90. The minimum Gasteiger partial charge on any atom is -0.465 e. The van der Waals surface area contributed by atoms with Crippen molar-refractivity contribution in [2.75, 3.05) is 5.32 Å². The van der Waals surface area contributed by atoms with E-state index in [1.165, 1.54) is 11.6 Å². The Hall–Kier alpha value is -2.29. The molecule has 0 unspecified atom stereocenters. The van der Waals surface area contributed by atoms with Gasteiger partial charge in [-0.05, 0) is 42.3 Å². The van der Waals surface area contributed by atoms with Gasteiger partial charge in [-0.2, -0.15) is 0 Å². The van der Waals surface area contributed by atoms with Crippen molar-refractivity contribution < 1.29 is 9.21 Å².